The minimum Gasteiger partial charge on any atom is -0.484 e. The van der Waals surface area contributed by atoms with Gasteiger partial charge in [-0.25, -0.2) is 9.78 Å². The summed E-state index contributed by atoms with van der Waals surface area (Å²) < 4.78 is 12.7. The molecule has 7 nitrogen and oxygen atoms in total. The maximum atomic E-state index is 12.8. The zero-order chi connectivity index (χ0) is 22.1. The average molecular weight is 425 g/mol. The molecular weight excluding hydrogens is 406 g/mol. The number of ether oxygens (including phenoxy) is 1. The molecule has 5 rings (SSSR count). The molecule has 0 saturated heterocycles. The van der Waals surface area contributed by atoms with Gasteiger partial charge in [-0.1, -0.05) is 36.4 Å². The van der Waals surface area contributed by atoms with E-state index < -0.39 is 5.63 Å². The molecule has 0 fully saturated rings. The van der Waals surface area contributed by atoms with Crippen LogP contribution >= 0.6 is 0 Å². The highest BCUT2D eigenvalue weighted by Gasteiger charge is 2.17. The van der Waals surface area contributed by atoms with Crippen LogP contribution in [-0.2, 0) is 4.79 Å². The SMILES string of the molecule is Cc1cccn2c(NC(=O)COc3ccc4ccc(=O)oc4c3)c(-c3ccccc3)nc12. The van der Waals surface area contributed by atoms with Gasteiger partial charge in [0.2, 0.25) is 0 Å². The number of carbonyl (C=O) groups excluding carboxylic acids is 1. The highest BCUT2D eigenvalue weighted by molar-refractivity contribution is 5.95. The van der Waals surface area contributed by atoms with Gasteiger partial charge >= 0.3 is 5.63 Å². The third kappa shape index (κ3) is 3.72. The number of anilines is 1. The number of pyridine rings is 1. The number of benzene rings is 2. The van der Waals surface area contributed by atoms with E-state index >= 15 is 0 Å². The van der Waals surface area contributed by atoms with Crippen molar-refractivity contribution in [2.45, 2.75) is 6.92 Å². The molecule has 1 amide bonds. The monoisotopic (exact) mass is 425 g/mol. The lowest BCUT2D eigenvalue weighted by molar-refractivity contribution is -0.118. The van der Waals surface area contributed by atoms with Crippen molar-refractivity contribution < 1.29 is 13.9 Å². The van der Waals surface area contributed by atoms with Crippen LogP contribution in [0.4, 0.5) is 5.82 Å². The number of imidazole rings is 1. The smallest absolute Gasteiger partial charge is 0.336 e. The van der Waals surface area contributed by atoms with Gasteiger partial charge in [-0.15, -0.1) is 0 Å². The van der Waals surface area contributed by atoms with E-state index in [0.29, 0.717) is 22.8 Å². The van der Waals surface area contributed by atoms with Crippen LogP contribution in [0, 0.1) is 6.92 Å². The van der Waals surface area contributed by atoms with E-state index in [9.17, 15) is 9.59 Å². The van der Waals surface area contributed by atoms with Gasteiger partial charge in [0.1, 0.15) is 28.5 Å². The van der Waals surface area contributed by atoms with Crippen molar-refractivity contribution in [1.29, 1.82) is 0 Å². The Morgan fingerprint density at radius 2 is 1.88 bits per heavy atom. The van der Waals surface area contributed by atoms with Gasteiger partial charge in [0.15, 0.2) is 6.61 Å². The molecule has 0 aliphatic carbocycles. The Morgan fingerprint density at radius 3 is 2.72 bits per heavy atom. The summed E-state index contributed by atoms with van der Waals surface area (Å²) in [7, 11) is 0. The van der Waals surface area contributed by atoms with E-state index in [2.05, 4.69) is 5.32 Å². The summed E-state index contributed by atoms with van der Waals surface area (Å²) in [6, 6.07) is 21.7. The van der Waals surface area contributed by atoms with E-state index in [1.807, 2.05) is 60.0 Å². The molecule has 0 bridgehead atoms. The first-order valence-electron chi connectivity index (χ1n) is 10.1. The van der Waals surface area contributed by atoms with E-state index in [1.54, 1.807) is 24.3 Å². The molecule has 0 aliphatic rings. The van der Waals surface area contributed by atoms with Crippen LogP contribution in [0.3, 0.4) is 0 Å². The van der Waals surface area contributed by atoms with Crippen molar-refractivity contribution in [1.82, 2.24) is 9.38 Å². The molecule has 0 unspecified atom stereocenters. The lowest BCUT2D eigenvalue weighted by atomic mass is 10.1. The van der Waals surface area contributed by atoms with Crippen LogP contribution in [0.15, 0.2) is 88.2 Å². The molecule has 0 spiro atoms. The third-order valence-corrected chi connectivity index (χ3v) is 5.11. The Hall–Kier alpha value is -4.39. The minimum atomic E-state index is -0.441. The Balaban J connectivity index is 1.41. The number of aromatic nitrogens is 2. The molecule has 1 N–H and O–H groups in total. The Bertz CT molecular complexity index is 1500. The van der Waals surface area contributed by atoms with Crippen molar-refractivity contribution in [3.05, 3.63) is 95.0 Å². The summed E-state index contributed by atoms with van der Waals surface area (Å²) in [4.78, 5) is 29.0. The second-order valence-corrected chi connectivity index (χ2v) is 7.35. The quantitative estimate of drug-likeness (QED) is 0.421. The second-order valence-electron chi connectivity index (χ2n) is 7.35. The number of hydrogen-bond donors (Lipinski definition) is 1. The van der Waals surface area contributed by atoms with Crippen LogP contribution in [0.1, 0.15) is 5.56 Å². The summed E-state index contributed by atoms with van der Waals surface area (Å²) in [5, 5.41) is 3.71. The van der Waals surface area contributed by atoms with E-state index in [-0.39, 0.29) is 12.5 Å². The van der Waals surface area contributed by atoms with Crippen LogP contribution in [0.2, 0.25) is 0 Å². The van der Waals surface area contributed by atoms with Gasteiger partial charge in [-0.05, 0) is 36.8 Å². The van der Waals surface area contributed by atoms with Crippen molar-refractivity contribution >= 4 is 28.3 Å². The number of fused-ring (bicyclic) bond motifs is 2. The third-order valence-electron chi connectivity index (χ3n) is 5.11. The summed E-state index contributed by atoms with van der Waals surface area (Å²) in [6.07, 6.45) is 1.86. The molecule has 3 heterocycles. The molecular formula is C25H19N3O4. The molecule has 3 aromatic heterocycles. The van der Waals surface area contributed by atoms with Crippen molar-refractivity contribution in [2.24, 2.45) is 0 Å². The van der Waals surface area contributed by atoms with E-state index in [0.717, 1.165) is 22.2 Å². The van der Waals surface area contributed by atoms with Gasteiger partial charge < -0.3 is 14.5 Å². The molecule has 0 aliphatic heterocycles. The Morgan fingerprint density at radius 1 is 1.06 bits per heavy atom. The average Bonchev–Trinajstić information content (AvgIpc) is 3.17. The van der Waals surface area contributed by atoms with Crippen LogP contribution in [0.5, 0.6) is 5.75 Å². The highest BCUT2D eigenvalue weighted by Crippen LogP contribution is 2.29. The van der Waals surface area contributed by atoms with E-state index in [1.165, 1.54) is 6.07 Å². The molecule has 2 aromatic carbocycles. The van der Waals surface area contributed by atoms with Gasteiger partial charge in [-0.3, -0.25) is 9.20 Å². The maximum absolute atomic E-state index is 12.8. The maximum Gasteiger partial charge on any atom is 0.336 e. The Labute approximate surface area is 182 Å². The van der Waals surface area contributed by atoms with Crippen LogP contribution in [0.25, 0.3) is 27.9 Å². The fraction of sp³-hybridized carbons (Fsp3) is 0.0800. The zero-order valence-electron chi connectivity index (χ0n) is 17.2. The Kier molecular flexibility index (Phi) is 4.91. The van der Waals surface area contributed by atoms with Crippen LogP contribution < -0.4 is 15.7 Å². The van der Waals surface area contributed by atoms with Gasteiger partial charge in [0, 0.05) is 29.3 Å². The summed E-state index contributed by atoms with van der Waals surface area (Å²) in [6.45, 7) is 1.76. The standard InChI is InChI=1S/C25H19N3O4/c1-16-6-5-13-28-24(16)27-23(18-7-3-2-4-8-18)25(28)26-21(29)15-31-19-11-9-17-10-12-22(30)32-20(17)14-19/h2-14H,15H2,1H3,(H,26,29). The summed E-state index contributed by atoms with van der Waals surface area (Å²) >= 11 is 0. The zero-order valence-corrected chi connectivity index (χ0v) is 17.2. The molecule has 0 atom stereocenters. The van der Waals surface area contributed by atoms with Crippen molar-refractivity contribution in [3.8, 4) is 17.0 Å². The molecule has 7 heteroatoms. The first-order chi connectivity index (χ1) is 15.6. The fourth-order valence-electron chi connectivity index (χ4n) is 3.57. The first kappa shape index (κ1) is 19.6. The number of hydrogen-bond acceptors (Lipinski definition) is 5. The predicted molar refractivity (Wildman–Crippen MR) is 122 cm³/mol. The number of rotatable bonds is 5. The second kappa shape index (κ2) is 8.03. The molecule has 0 radical (unpaired) electrons. The minimum absolute atomic E-state index is 0.212. The highest BCUT2D eigenvalue weighted by atomic mass is 16.5. The lowest BCUT2D eigenvalue weighted by Gasteiger charge is -2.10. The largest absolute Gasteiger partial charge is 0.484 e. The molecule has 5 aromatic rings. The number of nitrogens with zero attached hydrogens (tertiary/aromatic N) is 2. The van der Waals surface area contributed by atoms with Crippen molar-refractivity contribution in [3.63, 3.8) is 0 Å². The van der Waals surface area contributed by atoms with Gasteiger partial charge in [0.05, 0.1) is 0 Å². The topological polar surface area (TPSA) is 85.8 Å². The number of carbonyl (C=O) groups is 1. The fourth-order valence-corrected chi connectivity index (χ4v) is 3.57. The van der Waals surface area contributed by atoms with Crippen LogP contribution in [-0.4, -0.2) is 21.9 Å². The summed E-state index contributed by atoms with van der Waals surface area (Å²) in [5.74, 6) is 0.673. The molecule has 158 valence electrons. The molecule has 0 saturated carbocycles. The van der Waals surface area contributed by atoms with Gasteiger partial charge in [-0.2, -0.15) is 0 Å². The van der Waals surface area contributed by atoms with Crippen molar-refractivity contribution in [2.75, 3.05) is 11.9 Å². The normalized spacial score (nSPS) is 11.0. The van der Waals surface area contributed by atoms with Gasteiger partial charge in [0.25, 0.3) is 5.91 Å². The molecule has 32 heavy (non-hydrogen) atoms. The predicted octanol–water partition coefficient (Wildman–Crippen LogP) is 4.43. The number of nitrogens with one attached hydrogen (secondary N) is 1. The number of amides is 1. The lowest BCUT2D eigenvalue weighted by Crippen LogP contribution is -2.21. The summed E-state index contributed by atoms with van der Waals surface area (Å²) in [5.41, 5.74) is 3.31. The van der Waals surface area contributed by atoms with E-state index in [4.69, 9.17) is 14.1 Å². The number of aryl methyl sites for hydroxylation is 1. The first-order valence-corrected chi connectivity index (χ1v) is 10.1.